The number of carbonyl (C=O) groups excluding carboxylic acids is 2. The third-order valence-electron chi connectivity index (χ3n) is 4.05. The number of thioether (sulfide) groups is 1. The molecular weight excluding hydrogens is 341 g/mol. The van der Waals surface area contributed by atoms with Crippen LogP contribution in [0.15, 0.2) is 53.4 Å². The van der Waals surface area contributed by atoms with Gasteiger partial charge in [0, 0.05) is 23.5 Å². The standard InChI is InChI=1S/C18H18FN3O2S/c1-25-16-8-6-15(7-9-16)22-11-12(10-17(22)23)18(24)21-20-14-4-2-13(19)3-5-14/h2-9,12,20H,10-11H2,1H3,(H,21,24)/t12-/m1/s1. The molecule has 1 aliphatic rings. The molecule has 1 heterocycles. The summed E-state index contributed by atoms with van der Waals surface area (Å²) < 4.78 is 12.9. The third kappa shape index (κ3) is 4.11. The molecule has 7 heteroatoms. The molecule has 0 aromatic heterocycles. The van der Waals surface area contributed by atoms with Gasteiger partial charge in [-0.15, -0.1) is 11.8 Å². The first-order chi connectivity index (χ1) is 12.1. The van der Waals surface area contributed by atoms with Crippen LogP contribution < -0.4 is 15.8 Å². The Kier molecular flexibility index (Phi) is 5.23. The van der Waals surface area contributed by atoms with Crippen molar-refractivity contribution in [3.8, 4) is 0 Å². The number of carbonyl (C=O) groups is 2. The lowest BCUT2D eigenvalue weighted by Gasteiger charge is -2.17. The first kappa shape index (κ1) is 17.3. The minimum atomic E-state index is -0.430. The molecule has 0 unspecified atom stereocenters. The average Bonchev–Trinajstić information content (AvgIpc) is 3.03. The maximum Gasteiger partial charge on any atom is 0.243 e. The fourth-order valence-corrected chi connectivity index (χ4v) is 3.07. The smallest absolute Gasteiger partial charge is 0.243 e. The summed E-state index contributed by atoms with van der Waals surface area (Å²) in [5.41, 5.74) is 6.68. The molecule has 0 bridgehead atoms. The van der Waals surface area contributed by atoms with Crippen molar-refractivity contribution in [2.45, 2.75) is 11.3 Å². The zero-order valence-electron chi connectivity index (χ0n) is 13.7. The van der Waals surface area contributed by atoms with Gasteiger partial charge >= 0.3 is 0 Å². The summed E-state index contributed by atoms with van der Waals surface area (Å²) in [6.45, 7) is 0.342. The van der Waals surface area contributed by atoms with E-state index in [4.69, 9.17) is 0 Å². The number of benzene rings is 2. The van der Waals surface area contributed by atoms with Crippen LogP contribution in [0.2, 0.25) is 0 Å². The van der Waals surface area contributed by atoms with Gasteiger partial charge in [0.1, 0.15) is 5.82 Å². The Balaban J connectivity index is 1.59. The first-order valence-electron chi connectivity index (χ1n) is 7.82. The summed E-state index contributed by atoms with van der Waals surface area (Å²) in [7, 11) is 0. The summed E-state index contributed by atoms with van der Waals surface area (Å²) in [4.78, 5) is 27.3. The van der Waals surface area contributed by atoms with Gasteiger partial charge < -0.3 is 4.90 Å². The highest BCUT2D eigenvalue weighted by molar-refractivity contribution is 7.98. The highest BCUT2D eigenvalue weighted by atomic mass is 32.2. The molecule has 1 saturated heterocycles. The van der Waals surface area contributed by atoms with Gasteiger partial charge in [-0.25, -0.2) is 4.39 Å². The zero-order valence-corrected chi connectivity index (χ0v) is 14.5. The molecule has 1 aliphatic heterocycles. The first-order valence-corrected chi connectivity index (χ1v) is 9.05. The molecule has 130 valence electrons. The number of nitrogens with zero attached hydrogens (tertiary/aromatic N) is 1. The van der Waals surface area contributed by atoms with E-state index in [1.165, 1.54) is 24.3 Å². The number of rotatable bonds is 5. The van der Waals surface area contributed by atoms with Crippen LogP contribution in [0.1, 0.15) is 6.42 Å². The van der Waals surface area contributed by atoms with Gasteiger partial charge in [-0.05, 0) is 54.8 Å². The summed E-state index contributed by atoms with van der Waals surface area (Å²) in [6.07, 6.45) is 2.16. The fourth-order valence-electron chi connectivity index (χ4n) is 2.66. The minimum Gasteiger partial charge on any atom is -0.312 e. The van der Waals surface area contributed by atoms with Crippen molar-refractivity contribution < 1.29 is 14.0 Å². The summed E-state index contributed by atoms with van der Waals surface area (Å²) in [5, 5.41) is 0. The van der Waals surface area contributed by atoms with Crippen molar-refractivity contribution in [1.29, 1.82) is 0 Å². The van der Waals surface area contributed by atoms with Crippen LogP contribution in [0.25, 0.3) is 0 Å². The highest BCUT2D eigenvalue weighted by Crippen LogP contribution is 2.27. The van der Waals surface area contributed by atoms with Crippen molar-refractivity contribution in [1.82, 2.24) is 5.43 Å². The number of amides is 2. The van der Waals surface area contributed by atoms with Crippen LogP contribution in [0.5, 0.6) is 0 Å². The van der Waals surface area contributed by atoms with E-state index in [-0.39, 0.29) is 24.1 Å². The minimum absolute atomic E-state index is 0.0705. The second kappa shape index (κ2) is 7.57. The molecule has 0 aliphatic carbocycles. The maximum absolute atomic E-state index is 12.9. The Morgan fingerprint density at radius 3 is 2.48 bits per heavy atom. The van der Waals surface area contributed by atoms with Gasteiger partial charge in [0.15, 0.2) is 0 Å². The van der Waals surface area contributed by atoms with E-state index in [2.05, 4.69) is 10.9 Å². The normalized spacial score (nSPS) is 16.8. The summed E-state index contributed by atoms with van der Waals surface area (Å²) in [5.74, 6) is -1.11. The lowest BCUT2D eigenvalue weighted by atomic mass is 10.1. The largest absolute Gasteiger partial charge is 0.312 e. The van der Waals surface area contributed by atoms with E-state index in [0.717, 1.165) is 10.6 Å². The van der Waals surface area contributed by atoms with Crippen LogP contribution >= 0.6 is 11.8 Å². The Morgan fingerprint density at radius 1 is 1.16 bits per heavy atom. The number of nitrogens with one attached hydrogen (secondary N) is 2. The SMILES string of the molecule is CSc1ccc(N2C[C@H](C(=O)NNc3ccc(F)cc3)CC2=O)cc1. The van der Waals surface area contributed by atoms with Crippen LogP contribution in [-0.4, -0.2) is 24.6 Å². The van der Waals surface area contributed by atoms with Crippen LogP contribution in [-0.2, 0) is 9.59 Å². The number of hydrazine groups is 1. The van der Waals surface area contributed by atoms with Crippen LogP contribution in [0, 0.1) is 11.7 Å². The summed E-state index contributed by atoms with van der Waals surface area (Å²) >= 11 is 1.63. The van der Waals surface area contributed by atoms with Gasteiger partial charge in [-0.3, -0.25) is 20.4 Å². The zero-order chi connectivity index (χ0) is 17.8. The van der Waals surface area contributed by atoms with Crippen LogP contribution in [0.3, 0.4) is 0 Å². The van der Waals surface area contributed by atoms with Crippen LogP contribution in [0.4, 0.5) is 15.8 Å². The highest BCUT2D eigenvalue weighted by Gasteiger charge is 2.35. The number of halogens is 1. The summed E-state index contributed by atoms with van der Waals surface area (Å²) in [6, 6.07) is 13.3. The molecule has 1 atom stereocenters. The topological polar surface area (TPSA) is 61.4 Å². The third-order valence-corrected chi connectivity index (χ3v) is 4.80. The molecule has 5 nitrogen and oxygen atoms in total. The Labute approximate surface area is 149 Å². The van der Waals surface area contributed by atoms with E-state index in [1.54, 1.807) is 16.7 Å². The van der Waals surface area contributed by atoms with E-state index in [0.29, 0.717) is 12.2 Å². The molecular formula is C18H18FN3O2S. The second-order valence-corrected chi connectivity index (χ2v) is 6.60. The molecule has 2 amide bonds. The van der Waals surface area contributed by atoms with Gasteiger partial charge in [0.25, 0.3) is 0 Å². The molecule has 3 rings (SSSR count). The van der Waals surface area contributed by atoms with Crippen molar-refractivity contribution >= 4 is 35.0 Å². The van der Waals surface area contributed by atoms with E-state index >= 15 is 0 Å². The predicted octanol–water partition coefficient (Wildman–Crippen LogP) is 3.04. The number of hydrogen-bond acceptors (Lipinski definition) is 4. The van der Waals surface area contributed by atoms with Gasteiger partial charge in [-0.1, -0.05) is 0 Å². The molecule has 1 fully saturated rings. The Bertz CT molecular complexity index is 765. The number of hydrogen-bond donors (Lipinski definition) is 2. The monoisotopic (exact) mass is 359 g/mol. The predicted molar refractivity (Wildman–Crippen MR) is 96.8 cm³/mol. The number of anilines is 2. The van der Waals surface area contributed by atoms with Gasteiger partial charge in [0.05, 0.1) is 11.6 Å². The lowest BCUT2D eigenvalue weighted by Crippen LogP contribution is -2.36. The average molecular weight is 359 g/mol. The Morgan fingerprint density at radius 2 is 1.84 bits per heavy atom. The van der Waals surface area contributed by atoms with Crippen molar-refractivity contribution in [2.24, 2.45) is 5.92 Å². The fraction of sp³-hybridized carbons (Fsp3) is 0.222. The second-order valence-electron chi connectivity index (χ2n) is 5.72. The van der Waals surface area contributed by atoms with E-state index in [9.17, 15) is 14.0 Å². The lowest BCUT2D eigenvalue weighted by molar-refractivity contribution is -0.125. The molecule has 0 saturated carbocycles. The molecule has 2 aromatic rings. The van der Waals surface area contributed by atoms with E-state index < -0.39 is 5.92 Å². The van der Waals surface area contributed by atoms with Gasteiger partial charge in [0.2, 0.25) is 11.8 Å². The van der Waals surface area contributed by atoms with E-state index in [1.807, 2.05) is 30.5 Å². The molecule has 2 N–H and O–H groups in total. The Hall–Kier alpha value is -2.54. The van der Waals surface area contributed by atoms with Crippen molar-refractivity contribution in [3.05, 3.63) is 54.3 Å². The molecule has 0 radical (unpaired) electrons. The molecule has 25 heavy (non-hydrogen) atoms. The van der Waals surface area contributed by atoms with Gasteiger partial charge in [-0.2, -0.15) is 0 Å². The van der Waals surface area contributed by atoms with Crippen molar-refractivity contribution in [3.63, 3.8) is 0 Å². The molecule has 2 aromatic carbocycles. The maximum atomic E-state index is 12.9. The molecule has 0 spiro atoms. The van der Waals surface area contributed by atoms with Crippen molar-refractivity contribution in [2.75, 3.05) is 23.1 Å². The quantitative estimate of drug-likeness (QED) is 0.636.